The summed E-state index contributed by atoms with van der Waals surface area (Å²) in [7, 11) is -3.78. The van der Waals surface area contributed by atoms with E-state index in [2.05, 4.69) is 4.72 Å². The molecular formula is C15H15Cl2NO3S. The predicted molar refractivity (Wildman–Crippen MR) is 88.3 cm³/mol. The van der Waals surface area contributed by atoms with Gasteiger partial charge < -0.3 is 4.74 Å². The van der Waals surface area contributed by atoms with Crippen molar-refractivity contribution in [3.05, 3.63) is 58.1 Å². The third-order valence-corrected chi connectivity index (χ3v) is 5.35. The van der Waals surface area contributed by atoms with Gasteiger partial charge in [0, 0.05) is 6.54 Å². The van der Waals surface area contributed by atoms with Gasteiger partial charge in [0.05, 0.1) is 10.0 Å². The fourth-order valence-electron chi connectivity index (χ4n) is 1.87. The first kappa shape index (κ1) is 17.1. The summed E-state index contributed by atoms with van der Waals surface area (Å²) in [5, 5.41) is 0.166. The van der Waals surface area contributed by atoms with Crippen molar-refractivity contribution >= 4 is 33.2 Å². The third-order valence-electron chi connectivity index (χ3n) is 2.93. The van der Waals surface area contributed by atoms with E-state index in [-0.39, 0.29) is 28.1 Å². The molecule has 0 radical (unpaired) electrons. The highest BCUT2D eigenvalue weighted by Crippen LogP contribution is 2.28. The van der Waals surface area contributed by atoms with Crippen molar-refractivity contribution in [2.75, 3.05) is 13.2 Å². The standard InChI is InChI=1S/C15H15Cl2NO3S/c1-11-5-2-3-8-14(11)21-10-9-18-22(19,20)15-12(16)6-4-7-13(15)17/h2-8,18H,9-10H2,1H3. The summed E-state index contributed by atoms with van der Waals surface area (Å²) in [6.07, 6.45) is 0. The van der Waals surface area contributed by atoms with E-state index in [1.165, 1.54) is 12.1 Å². The van der Waals surface area contributed by atoms with E-state index in [0.717, 1.165) is 11.3 Å². The molecular weight excluding hydrogens is 345 g/mol. The van der Waals surface area contributed by atoms with Crippen LogP contribution < -0.4 is 9.46 Å². The second-order valence-electron chi connectivity index (χ2n) is 4.56. The van der Waals surface area contributed by atoms with Gasteiger partial charge in [-0.25, -0.2) is 13.1 Å². The molecule has 0 saturated heterocycles. The fraction of sp³-hybridized carbons (Fsp3) is 0.200. The zero-order valence-electron chi connectivity index (χ0n) is 11.8. The van der Waals surface area contributed by atoms with Crippen LogP contribution in [0.3, 0.4) is 0 Å². The summed E-state index contributed by atoms with van der Waals surface area (Å²) in [6, 6.07) is 12.1. The number of aryl methyl sites for hydroxylation is 1. The average Bonchev–Trinajstić information content (AvgIpc) is 2.45. The monoisotopic (exact) mass is 359 g/mol. The minimum atomic E-state index is -3.78. The van der Waals surface area contributed by atoms with Crippen molar-refractivity contribution in [2.45, 2.75) is 11.8 Å². The van der Waals surface area contributed by atoms with Gasteiger partial charge >= 0.3 is 0 Å². The quantitative estimate of drug-likeness (QED) is 0.800. The van der Waals surface area contributed by atoms with Crippen LogP contribution >= 0.6 is 23.2 Å². The molecule has 0 amide bonds. The maximum Gasteiger partial charge on any atom is 0.243 e. The molecule has 4 nitrogen and oxygen atoms in total. The first-order valence-corrected chi connectivity index (χ1v) is 8.78. The number of hydrogen-bond donors (Lipinski definition) is 1. The predicted octanol–water partition coefficient (Wildman–Crippen LogP) is 3.66. The Kier molecular flexibility index (Phi) is 5.69. The Labute approximate surface area is 140 Å². The number of halogens is 2. The Morgan fingerprint density at radius 3 is 2.32 bits per heavy atom. The molecule has 0 aromatic heterocycles. The third kappa shape index (κ3) is 4.14. The second kappa shape index (κ2) is 7.33. The molecule has 0 fully saturated rings. The first-order valence-electron chi connectivity index (χ1n) is 6.54. The summed E-state index contributed by atoms with van der Waals surface area (Å²) < 4.78 is 32.4. The summed E-state index contributed by atoms with van der Waals surface area (Å²) >= 11 is 11.8. The Hall–Kier alpha value is -1.27. The highest BCUT2D eigenvalue weighted by molar-refractivity contribution is 7.89. The molecule has 0 spiro atoms. The maximum atomic E-state index is 12.2. The smallest absolute Gasteiger partial charge is 0.243 e. The van der Waals surface area contributed by atoms with Crippen LogP contribution in [0.25, 0.3) is 0 Å². The van der Waals surface area contributed by atoms with Gasteiger partial charge in [-0.1, -0.05) is 47.5 Å². The van der Waals surface area contributed by atoms with Crippen molar-refractivity contribution in [3.8, 4) is 5.75 Å². The molecule has 0 heterocycles. The van der Waals surface area contributed by atoms with E-state index >= 15 is 0 Å². The fourth-order valence-corrected chi connectivity index (χ4v) is 4.02. The molecule has 1 N–H and O–H groups in total. The highest BCUT2D eigenvalue weighted by atomic mass is 35.5. The number of rotatable bonds is 6. The lowest BCUT2D eigenvalue weighted by molar-refractivity contribution is 0.320. The van der Waals surface area contributed by atoms with E-state index in [9.17, 15) is 8.42 Å². The van der Waals surface area contributed by atoms with Gasteiger partial charge in [-0.15, -0.1) is 0 Å². The van der Waals surface area contributed by atoms with Crippen LogP contribution in [0, 0.1) is 6.92 Å². The van der Waals surface area contributed by atoms with Gasteiger partial charge in [-0.05, 0) is 30.7 Å². The molecule has 2 rings (SSSR count). The van der Waals surface area contributed by atoms with E-state index in [1.807, 2.05) is 31.2 Å². The largest absolute Gasteiger partial charge is 0.492 e. The molecule has 0 aliphatic rings. The maximum absolute atomic E-state index is 12.2. The molecule has 7 heteroatoms. The average molecular weight is 360 g/mol. The Morgan fingerprint density at radius 2 is 1.68 bits per heavy atom. The van der Waals surface area contributed by atoms with Gasteiger partial charge in [0.1, 0.15) is 17.3 Å². The molecule has 0 unspecified atom stereocenters. The normalized spacial score (nSPS) is 11.4. The molecule has 22 heavy (non-hydrogen) atoms. The second-order valence-corrected chi connectivity index (χ2v) is 7.08. The summed E-state index contributed by atoms with van der Waals surface area (Å²) in [5.41, 5.74) is 0.986. The van der Waals surface area contributed by atoms with Crippen LogP contribution in [0.4, 0.5) is 0 Å². The summed E-state index contributed by atoms with van der Waals surface area (Å²) in [6.45, 7) is 2.23. The highest BCUT2D eigenvalue weighted by Gasteiger charge is 2.20. The zero-order chi connectivity index (χ0) is 16.2. The van der Waals surface area contributed by atoms with Crippen LogP contribution in [-0.2, 0) is 10.0 Å². The van der Waals surface area contributed by atoms with E-state index in [1.54, 1.807) is 6.07 Å². The topological polar surface area (TPSA) is 55.4 Å². The summed E-state index contributed by atoms with van der Waals surface area (Å²) in [4.78, 5) is -0.116. The van der Waals surface area contributed by atoms with Crippen LogP contribution in [0.2, 0.25) is 10.0 Å². The summed E-state index contributed by atoms with van der Waals surface area (Å²) in [5.74, 6) is 0.720. The zero-order valence-corrected chi connectivity index (χ0v) is 14.2. The molecule has 2 aromatic carbocycles. The number of sulfonamides is 1. The van der Waals surface area contributed by atoms with Crippen molar-refractivity contribution in [1.29, 1.82) is 0 Å². The molecule has 0 bridgehead atoms. The van der Waals surface area contributed by atoms with Gasteiger partial charge in [-0.2, -0.15) is 0 Å². The van der Waals surface area contributed by atoms with Crippen molar-refractivity contribution in [2.24, 2.45) is 0 Å². The molecule has 0 saturated carbocycles. The number of nitrogens with one attached hydrogen (secondary N) is 1. The minimum Gasteiger partial charge on any atom is -0.492 e. The van der Waals surface area contributed by atoms with Crippen LogP contribution in [0.5, 0.6) is 5.75 Å². The van der Waals surface area contributed by atoms with Crippen molar-refractivity contribution < 1.29 is 13.2 Å². The van der Waals surface area contributed by atoms with Crippen LogP contribution in [0.1, 0.15) is 5.56 Å². The lowest BCUT2D eigenvalue weighted by Gasteiger charge is -2.11. The molecule has 0 aliphatic carbocycles. The van der Waals surface area contributed by atoms with Crippen LogP contribution in [-0.4, -0.2) is 21.6 Å². The Bertz CT molecular complexity index is 743. The number of benzene rings is 2. The van der Waals surface area contributed by atoms with Crippen LogP contribution in [0.15, 0.2) is 47.4 Å². The Balaban J connectivity index is 1.98. The van der Waals surface area contributed by atoms with Gasteiger partial charge in [-0.3, -0.25) is 0 Å². The molecule has 2 aromatic rings. The molecule has 0 aliphatic heterocycles. The SMILES string of the molecule is Cc1ccccc1OCCNS(=O)(=O)c1c(Cl)cccc1Cl. The number of hydrogen-bond acceptors (Lipinski definition) is 3. The van der Waals surface area contributed by atoms with Gasteiger partial charge in [0.25, 0.3) is 0 Å². The van der Waals surface area contributed by atoms with Crippen molar-refractivity contribution in [3.63, 3.8) is 0 Å². The first-order chi connectivity index (χ1) is 10.4. The lowest BCUT2D eigenvalue weighted by Crippen LogP contribution is -2.28. The minimum absolute atomic E-state index is 0.0832. The lowest BCUT2D eigenvalue weighted by atomic mass is 10.2. The van der Waals surface area contributed by atoms with Crippen molar-refractivity contribution in [1.82, 2.24) is 4.72 Å². The van der Waals surface area contributed by atoms with E-state index in [0.29, 0.717) is 0 Å². The van der Waals surface area contributed by atoms with E-state index in [4.69, 9.17) is 27.9 Å². The van der Waals surface area contributed by atoms with E-state index < -0.39 is 10.0 Å². The number of para-hydroxylation sites is 1. The van der Waals surface area contributed by atoms with Gasteiger partial charge in [0.2, 0.25) is 10.0 Å². The molecule has 0 atom stereocenters. The number of ether oxygens (including phenoxy) is 1. The molecule has 118 valence electrons. The van der Waals surface area contributed by atoms with Gasteiger partial charge in [0.15, 0.2) is 0 Å². The Morgan fingerprint density at radius 1 is 1.05 bits per heavy atom.